The molecule has 32 heavy (non-hydrogen) atoms. The van der Waals surface area contributed by atoms with Gasteiger partial charge in [0.05, 0.1) is 21.7 Å². The van der Waals surface area contributed by atoms with Gasteiger partial charge in [-0.3, -0.25) is 0 Å². The number of nitrogens with zero attached hydrogens (tertiary/aromatic N) is 3. The van der Waals surface area contributed by atoms with E-state index in [0.29, 0.717) is 39.3 Å². The van der Waals surface area contributed by atoms with E-state index in [1.54, 1.807) is 0 Å². The molecule has 3 aromatic rings. The van der Waals surface area contributed by atoms with Gasteiger partial charge in [-0.15, -0.1) is 0 Å². The summed E-state index contributed by atoms with van der Waals surface area (Å²) in [4.78, 5) is 2.42. The number of anilines is 1. The molecule has 6 rings (SSSR count). The van der Waals surface area contributed by atoms with E-state index in [-0.39, 0.29) is 0 Å². The summed E-state index contributed by atoms with van der Waals surface area (Å²) < 4.78 is 5.77. The van der Waals surface area contributed by atoms with Crippen LogP contribution < -0.4 is 4.90 Å². The predicted molar refractivity (Wildman–Crippen MR) is 127 cm³/mol. The number of benzene rings is 2. The first-order chi connectivity index (χ1) is 15.6. The summed E-state index contributed by atoms with van der Waals surface area (Å²) in [6, 6.07) is 15.6. The third-order valence-corrected chi connectivity index (χ3v) is 7.64. The molecule has 0 radical (unpaired) electrons. The van der Waals surface area contributed by atoms with E-state index in [9.17, 15) is 0 Å². The number of hydrogen-bond donors (Lipinski definition) is 0. The van der Waals surface area contributed by atoms with Gasteiger partial charge in [-0.05, 0) is 67.0 Å². The van der Waals surface area contributed by atoms with E-state index in [1.165, 1.54) is 5.69 Å². The molecule has 0 bridgehead atoms. The van der Waals surface area contributed by atoms with E-state index < -0.39 is 0 Å². The minimum atomic E-state index is 0.447. The van der Waals surface area contributed by atoms with Crippen LogP contribution in [0.3, 0.4) is 0 Å². The molecule has 3 fully saturated rings. The Balaban J connectivity index is 1.22. The summed E-state index contributed by atoms with van der Waals surface area (Å²) in [5.41, 5.74) is 4.41. The minimum absolute atomic E-state index is 0.447. The lowest BCUT2D eigenvalue weighted by atomic mass is 10.0. The van der Waals surface area contributed by atoms with Gasteiger partial charge in [0.2, 0.25) is 0 Å². The number of halogens is 2. The number of aromatic nitrogens is 1. The molecule has 4 nitrogen and oxygen atoms in total. The van der Waals surface area contributed by atoms with E-state index in [2.05, 4.69) is 28.3 Å². The fourth-order valence-corrected chi connectivity index (χ4v) is 5.61. The molecular formula is C26H21Cl2N3O. The Morgan fingerprint density at radius 3 is 2.34 bits per heavy atom. The molecule has 2 heterocycles. The Morgan fingerprint density at radius 1 is 1.03 bits per heavy atom. The highest BCUT2D eigenvalue weighted by atomic mass is 35.5. The van der Waals surface area contributed by atoms with Crippen molar-refractivity contribution in [3.63, 3.8) is 0 Å². The molecule has 0 spiro atoms. The van der Waals surface area contributed by atoms with E-state index in [1.807, 2.05) is 42.5 Å². The van der Waals surface area contributed by atoms with Crippen molar-refractivity contribution in [1.29, 1.82) is 5.26 Å². The Kier molecular flexibility index (Phi) is 4.78. The number of allylic oxidation sites excluding steroid dienone is 1. The zero-order valence-electron chi connectivity index (χ0n) is 17.3. The highest BCUT2D eigenvalue weighted by molar-refractivity contribution is 6.39. The summed E-state index contributed by atoms with van der Waals surface area (Å²) in [6.07, 6.45) is 6.80. The van der Waals surface area contributed by atoms with E-state index in [4.69, 9.17) is 33.0 Å². The molecule has 1 saturated heterocycles. The van der Waals surface area contributed by atoms with Crippen LogP contribution in [-0.2, 0) is 0 Å². The van der Waals surface area contributed by atoms with E-state index >= 15 is 0 Å². The molecule has 0 N–H and O–H groups in total. The number of rotatable bonds is 5. The molecule has 1 aliphatic heterocycles. The number of fused-ring (bicyclic) bond motifs is 1. The monoisotopic (exact) mass is 461 g/mol. The maximum Gasteiger partial charge on any atom is 0.147 e. The highest BCUT2D eigenvalue weighted by Crippen LogP contribution is 2.54. The Morgan fingerprint density at radius 2 is 1.72 bits per heavy atom. The average molecular weight is 462 g/mol. The van der Waals surface area contributed by atoms with Crippen molar-refractivity contribution >= 4 is 35.0 Å². The predicted octanol–water partition coefficient (Wildman–Crippen LogP) is 6.79. The van der Waals surface area contributed by atoms with Gasteiger partial charge in [0.25, 0.3) is 0 Å². The molecule has 3 aliphatic rings. The summed E-state index contributed by atoms with van der Waals surface area (Å²) >= 11 is 12.9. The first-order valence-electron chi connectivity index (χ1n) is 11.0. The average Bonchev–Trinajstić information content (AvgIpc) is 3.67. The van der Waals surface area contributed by atoms with Crippen LogP contribution in [0.25, 0.3) is 17.3 Å². The van der Waals surface area contributed by atoms with Crippen LogP contribution >= 0.6 is 23.2 Å². The van der Waals surface area contributed by atoms with Crippen molar-refractivity contribution in [1.82, 2.24) is 5.16 Å². The lowest BCUT2D eigenvalue weighted by Gasteiger charge is -2.21. The standard InChI is InChI=1S/C26H21Cl2N3O/c27-22-2-1-3-23(28)24(22)25-19(26(32-30-25)16-6-7-16)11-10-18-20-13-31(14-21(18)20)17-8-4-15(12-29)5-9-17/h1-5,8-11,16,18,20-21H,6-7,13-14H2/b11-10+. The van der Waals surface area contributed by atoms with Crippen LogP contribution in [0, 0.1) is 29.1 Å². The van der Waals surface area contributed by atoms with Crippen molar-refractivity contribution in [2.75, 3.05) is 18.0 Å². The molecule has 6 heteroatoms. The summed E-state index contributed by atoms with van der Waals surface area (Å²) in [5, 5.41) is 14.6. The number of piperidine rings is 1. The molecule has 2 unspecified atom stereocenters. The third-order valence-electron chi connectivity index (χ3n) is 7.01. The van der Waals surface area contributed by atoms with Crippen molar-refractivity contribution < 1.29 is 4.52 Å². The van der Waals surface area contributed by atoms with Gasteiger partial charge in [-0.1, -0.05) is 46.6 Å². The molecular weight excluding hydrogens is 441 g/mol. The second-order valence-corrected chi connectivity index (χ2v) is 9.82. The van der Waals surface area contributed by atoms with Gasteiger partial charge in [-0.2, -0.15) is 5.26 Å². The van der Waals surface area contributed by atoms with Gasteiger partial charge >= 0.3 is 0 Å². The van der Waals surface area contributed by atoms with Crippen LogP contribution in [0.15, 0.2) is 53.1 Å². The maximum absolute atomic E-state index is 9.00. The van der Waals surface area contributed by atoms with Crippen LogP contribution in [0.4, 0.5) is 5.69 Å². The van der Waals surface area contributed by atoms with Crippen LogP contribution in [0.2, 0.25) is 10.0 Å². The molecule has 2 atom stereocenters. The smallest absolute Gasteiger partial charge is 0.147 e. The molecule has 0 amide bonds. The lowest BCUT2D eigenvalue weighted by molar-refractivity contribution is 0.386. The molecule has 160 valence electrons. The molecule has 1 aromatic heterocycles. The second-order valence-electron chi connectivity index (χ2n) is 9.01. The quantitative estimate of drug-likeness (QED) is 0.419. The Hall–Kier alpha value is -2.74. The fourth-order valence-electron chi connectivity index (χ4n) is 5.04. The van der Waals surface area contributed by atoms with Gasteiger partial charge < -0.3 is 9.42 Å². The van der Waals surface area contributed by atoms with Crippen LogP contribution in [0.1, 0.15) is 35.6 Å². The largest absolute Gasteiger partial charge is 0.371 e. The summed E-state index contributed by atoms with van der Waals surface area (Å²) in [7, 11) is 0. The second kappa shape index (κ2) is 7.69. The molecule has 2 aliphatic carbocycles. The zero-order chi connectivity index (χ0) is 21.8. The van der Waals surface area contributed by atoms with Gasteiger partial charge in [-0.25, -0.2) is 0 Å². The first kappa shape index (κ1) is 19.9. The van der Waals surface area contributed by atoms with Crippen LogP contribution in [0.5, 0.6) is 0 Å². The van der Waals surface area contributed by atoms with Crippen LogP contribution in [-0.4, -0.2) is 18.2 Å². The summed E-state index contributed by atoms with van der Waals surface area (Å²) in [5.74, 6) is 3.30. The Labute approximate surface area is 197 Å². The SMILES string of the molecule is N#Cc1ccc(N2CC3C(/C=C/c4c(-c5c(Cl)cccc5Cl)noc4C4CC4)C3C2)cc1. The molecule has 2 aromatic carbocycles. The Bertz CT molecular complexity index is 1220. The lowest BCUT2D eigenvalue weighted by Crippen LogP contribution is -2.23. The highest BCUT2D eigenvalue weighted by Gasteiger charge is 2.54. The maximum atomic E-state index is 9.00. The first-order valence-corrected chi connectivity index (χ1v) is 11.8. The van der Waals surface area contributed by atoms with Gasteiger partial charge in [0.15, 0.2) is 0 Å². The normalized spacial score (nSPS) is 24.0. The van der Waals surface area contributed by atoms with Gasteiger partial charge in [0, 0.05) is 35.8 Å². The topological polar surface area (TPSA) is 53.1 Å². The number of hydrogen-bond acceptors (Lipinski definition) is 4. The molecule has 2 saturated carbocycles. The fraction of sp³-hybridized carbons (Fsp3) is 0.308. The third kappa shape index (κ3) is 3.41. The van der Waals surface area contributed by atoms with Crippen molar-refractivity contribution in [2.24, 2.45) is 17.8 Å². The van der Waals surface area contributed by atoms with Gasteiger partial charge in [0.1, 0.15) is 11.5 Å². The van der Waals surface area contributed by atoms with E-state index in [0.717, 1.165) is 48.5 Å². The zero-order valence-corrected chi connectivity index (χ0v) is 18.9. The van der Waals surface area contributed by atoms with Crippen molar-refractivity contribution in [3.05, 3.63) is 75.5 Å². The minimum Gasteiger partial charge on any atom is -0.371 e. The summed E-state index contributed by atoms with van der Waals surface area (Å²) in [6.45, 7) is 2.10. The van der Waals surface area contributed by atoms with Crippen molar-refractivity contribution in [3.8, 4) is 17.3 Å². The van der Waals surface area contributed by atoms with Crippen molar-refractivity contribution in [2.45, 2.75) is 18.8 Å². The number of nitriles is 1.